The molecule has 0 fully saturated rings. The highest BCUT2D eigenvalue weighted by molar-refractivity contribution is 6.05. The van der Waals surface area contributed by atoms with E-state index < -0.39 is 4.92 Å². The van der Waals surface area contributed by atoms with Gasteiger partial charge in [0.1, 0.15) is 5.69 Å². The second-order valence-corrected chi connectivity index (χ2v) is 4.40. The highest BCUT2D eigenvalue weighted by Crippen LogP contribution is 2.25. The van der Waals surface area contributed by atoms with E-state index in [0.717, 1.165) is 5.56 Å². The molecule has 108 valence electrons. The number of nitrogen functional groups attached to an aromatic ring is 1. The Hall–Kier alpha value is -2.93. The number of nitrogens with one attached hydrogen (secondary N) is 2. The van der Waals surface area contributed by atoms with Gasteiger partial charge in [-0.3, -0.25) is 20.8 Å². The maximum absolute atomic E-state index is 12.2. The van der Waals surface area contributed by atoms with E-state index in [9.17, 15) is 14.9 Å². The summed E-state index contributed by atoms with van der Waals surface area (Å²) >= 11 is 0. The standard InChI is InChI=1S/C14H14N4O3/c1-9-4-2-3-5-11(9)16-14(19)10-6-7-13(18(20)21)12(8-10)17-15/h2-8,17H,15H2,1H3,(H,16,19). The number of anilines is 2. The van der Waals surface area contributed by atoms with E-state index in [1.165, 1.54) is 18.2 Å². The molecule has 0 saturated heterocycles. The van der Waals surface area contributed by atoms with Crippen LogP contribution in [0.3, 0.4) is 0 Å². The largest absolute Gasteiger partial charge is 0.322 e. The lowest BCUT2D eigenvalue weighted by molar-refractivity contribution is -0.384. The summed E-state index contributed by atoms with van der Waals surface area (Å²) < 4.78 is 0. The van der Waals surface area contributed by atoms with E-state index in [4.69, 9.17) is 5.84 Å². The van der Waals surface area contributed by atoms with Crippen molar-refractivity contribution in [3.8, 4) is 0 Å². The second-order valence-electron chi connectivity index (χ2n) is 4.40. The predicted molar refractivity (Wildman–Crippen MR) is 80.0 cm³/mol. The first kappa shape index (κ1) is 14.5. The number of aryl methyl sites for hydroxylation is 1. The Kier molecular flexibility index (Phi) is 4.15. The van der Waals surface area contributed by atoms with Crippen LogP contribution in [0.5, 0.6) is 0 Å². The fourth-order valence-electron chi connectivity index (χ4n) is 1.86. The second kappa shape index (κ2) is 6.02. The molecule has 21 heavy (non-hydrogen) atoms. The number of nitrogens with zero attached hydrogens (tertiary/aromatic N) is 1. The highest BCUT2D eigenvalue weighted by atomic mass is 16.6. The fraction of sp³-hybridized carbons (Fsp3) is 0.0714. The van der Waals surface area contributed by atoms with Crippen LogP contribution in [0.25, 0.3) is 0 Å². The van der Waals surface area contributed by atoms with Crippen molar-refractivity contribution in [1.29, 1.82) is 0 Å². The molecule has 0 unspecified atom stereocenters. The summed E-state index contributed by atoms with van der Waals surface area (Å²) in [6, 6.07) is 11.3. The number of amides is 1. The van der Waals surface area contributed by atoms with Crippen LogP contribution in [0.4, 0.5) is 17.1 Å². The smallest absolute Gasteiger partial charge is 0.293 e. The zero-order chi connectivity index (χ0) is 15.4. The first-order valence-corrected chi connectivity index (χ1v) is 6.15. The number of carbonyl (C=O) groups excluding carboxylic acids is 1. The number of nitrogens with two attached hydrogens (primary N) is 1. The fourth-order valence-corrected chi connectivity index (χ4v) is 1.86. The van der Waals surface area contributed by atoms with E-state index in [1.807, 2.05) is 25.1 Å². The predicted octanol–water partition coefficient (Wildman–Crippen LogP) is 2.44. The van der Waals surface area contributed by atoms with Crippen LogP contribution in [0.2, 0.25) is 0 Å². The molecule has 0 spiro atoms. The minimum atomic E-state index is -0.571. The molecule has 2 rings (SSSR count). The molecule has 0 aliphatic rings. The SMILES string of the molecule is Cc1ccccc1NC(=O)c1ccc([N+](=O)[O-])c(NN)c1. The summed E-state index contributed by atoms with van der Waals surface area (Å²) in [5.41, 5.74) is 4.00. The zero-order valence-electron chi connectivity index (χ0n) is 11.3. The molecule has 0 atom stereocenters. The quantitative estimate of drug-likeness (QED) is 0.454. The summed E-state index contributed by atoms with van der Waals surface area (Å²) in [6.07, 6.45) is 0. The van der Waals surface area contributed by atoms with Crippen LogP contribution in [-0.4, -0.2) is 10.8 Å². The molecule has 0 aliphatic carbocycles. The number of para-hydroxylation sites is 1. The third kappa shape index (κ3) is 3.15. The van der Waals surface area contributed by atoms with Crippen LogP contribution in [0.15, 0.2) is 42.5 Å². The Morgan fingerprint density at radius 3 is 2.52 bits per heavy atom. The van der Waals surface area contributed by atoms with Crippen LogP contribution in [-0.2, 0) is 0 Å². The Balaban J connectivity index is 2.28. The molecule has 7 heteroatoms. The van der Waals surface area contributed by atoms with Gasteiger partial charge in [-0.2, -0.15) is 0 Å². The molecule has 0 bridgehead atoms. The lowest BCUT2D eigenvalue weighted by Crippen LogP contribution is -2.15. The molecule has 1 amide bonds. The lowest BCUT2D eigenvalue weighted by Gasteiger charge is -2.09. The molecular formula is C14H14N4O3. The average Bonchev–Trinajstić information content (AvgIpc) is 2.48. The van der Waals surface area contributed by atoms with Gasteiger partial charge in [-0.25, -0.2) is 0 Å². The number of hydrogen-bond acceptors (Lipinski definition) is 5. The monoisotopic (exact) mass is 286 g/mol. The van der Waals surface area contributed by atoms with Crippen molar-refractivity contribution in [3.63, 3.8) is 0 Å². The van der Waals surface area contributed by atoms with Crippen molar-refractivity contribution < 1.29 is 9.72 Å². The van der Waals surface area contributed by atoms with Crippen molar-refractivity contribution >= 4 is 23.0 Å². The topological polar surface area (TPSA) is 110 Å². The summed E-state index contributed by atoms with van der Waals surface area (Å²) in [5, 5.41) is 13.6. The number of hydrogen-bond donors (Lipinski definition) is 3. The third-order valence-electron chi connectivity index (χ3n) is 3.00. The van der Waals surface area contributed by atoms with Crippen molar-refractivity contribution in [1.82, 2.24) is 0 Å². The van der Waals surface area contributed by atoms with Crippen LogP contribution >= 0.6 is 0 Å². The van der Waals surface area contributed by atoms with Gasteiger partial charge in [-0.1, -0.05) is 18.2 Å². The summed E-state index contributed by atoms with van der Waals surface area (Å²) in [6.45, 7) is 1.87. The minimum Gasteiger partial charge on any atom is -0.322 e. The van der Waals surface area contributed by atoms with Gasteiger partial charge in [-0.05, 0) is 30.7 Å². The highest BCUT2D eigenvalue weighted by Gasteiger charge is 2.16. The van der Waals surface area contributed by atoms with Crippen molar-refractivity contribution in [2.24, 2.45) is 5.84 Å². The Bertz CT molecular complexity index is 700. The molecule has 0 radical (unpaired) electrons. The van der Waals surface area contributed by atoms with E-state index in [-0.39, 0.29) is 22.8 Å². The molecule has 7 nitrogen and oxygen atoms in total. The van der Waals surface area contributed by atoms with E-state index in [0.29, 0.717) is 5.69 Å². The van der Waals surface area contributed by atoms with Gasteiger partial charge < -0.3 is 10.7 Å². The summed E-state index contributed by atoms with van der Waals surface area (Å²) in [4.78, 5) is 22.4. The van der Waals surface area contributed by atoms with Crippen molar-refractivity contribution in [2.75, 3.05) is 10.7 Å². The third-order valence-corrected chi connectivity index (χ3v) is 3.00. The number of nitro groups is 1. The average molecular weight is 286 g/mol. The molecule has 2 aromatic carbocycles. The van der Waals surface area contributed by atoms with Crippen molar-refractivity contribution in [2.45, 2.75) is 6.92 Å². The lowest BCUT2D eigenvalue weighted by atomic mass is 10.1. The molecule has 0 aromatic heterocycles. The van der Waals surface area contributed by atoms with Crippen LogP contribution in [0, 0.1) is 17.0 Å². The van der Waals surface area contributed by atoms with Gasteiger partial charge in [0.05, 0.1) is 4.92 Å². The van der Waals surface area contributed by atoms with Crippen LogP contribution < -0.4 is 16.6 Å². The maximum atomic E-state index is 12.2. The van der Waals surface area contributed by atoms with E-state index in [2.05, 4.69) is 10.7 Å². The van der Waals surface area contributed by atoms with Gasteiger partial charge in [0, 0.05) is 17.3 Å². The zero-order valence-corrected chi connectivity index (χ0v) is 11.3. The molecule has 4 N–H and O–H groups in total. The summed E-state index contributed by atoms with van der Waals surface area (Å²) in [7, 11) is 0. The van der Waals surface area contributed by atoms with Crippen LogP contribution in [0.1, 0.15) is 15.9 Å². The van der Waals surface area contributed by atoms with Gasteiger partial charge in [-0.15, -0.1) is 0 Å². The molecule has 0 saturated carbocycles. The number of rotatable bonds is 4. The van der Waals surface area contributed by atoms with Gasteiger partial charge >= 0.3 is 0 Å². The Labute approximate surface area is 120 Å². The van der Waals surface area contributed by atoms with Crippen molar-refractivity contribution in [3.05, 3.63) is 63.7 Å². The van der Waals surface area contributed by atoms with E-state index >= 15 is 0 Å². The van der Waals surface area contributed by atoms with Gasteiger partial charge in [0.25, 0.3) is 11.6 Å². The molecule has 0 aliphatic heterocycles. The van der Waals surface area contributed by atoms with E-state index in [1.54, 1.807) is 6.07 Å². The minimum absolute atomic E-state index is 0.0810. The number of hydrazine groups is 1. The first-order chi connectivity index (χ1) is 10.0. The molecule has 2 aromatic rings. The Morgan fingerprint density at radius 2 is 1.90 bits per heavy atom. The Morgan fingerprint density at radius 1 is 1.19 bits per heavy atom. The number of carbonyl (C=O) groups is 1. The number of nitro benzene ring substituents is 1. The normalized spacial score (nSPS) is 10.0. The van der Waals surface area contributed by atoms with Gasteiger partial charge in [0.2, 0.25) is 0 Å². The molecular weight excluding hydrogens is 272 g/mol. The summed E-state index contributed by atoms with van der Waals surface area (Å²) in [5.74, 6) is 4.88. The number of benzene rings is 2. The first-order valence-electron chi connectivity index (χ1n) is 6.15. The maximum Gasteiger partial charge on any atom is 0.293 e. The molecule has 0 heterocycles. The van der Waals surface area contributed by atoms with Gasteiger partial charge in [0.15, 0.2) is 0 Å².